The molecule has 0 aliphatic rings. The highest BCUT2D eigenvalue weighted by Gasteiger charge is 2.32. The highest BCUT2D eigenvalue weighted by Crippen LogP contribution is 2.31. The van der Waals surface area contributed by atoms with Gasteiger partial charge in [-0.15, -0.1) is 0 Å². The fourth-order valence-electron chi connectivity index (χ4n) is 2.46. The van der Waals surface area contributed by atoms with Crippen molar-refractivity contribution in [2.75, 3.05) is 6.61 Å². The highest BCUT2D eigenvalue weighted by atomic mass is 16.5. The molecule has 0 amide bonds. The van der Waals surface area contributed by atoms with Crippen LogP contribution in [-0.2, 0) is 6.42 Å². The van der Waals surface area contributed by atoms with Gasteiger partial charge in [0.05, 0.1) is 6.61 Å². The summed E-state index contributed by atoms with van der Waals surface area (Å²) in [7, 11) is 0. The first-order valence-corrected chi connectivity index (χ1v) is 7.65. The molecule has 0 radical (unpaired) electrons. The Hall–Kier alpha value is -2.10. The third-order valence-corrected chi connectivity index (χ3v) is 3.78. The minimum atomic E-state index is -0.125. The predicted molar refractivity (Wildman–Crippen MR) is 87.1 cm³/mol. The molecule has 2 rings (SSSR count). The Bertz CT molecular complexity index is 595. The molecule has 0 fully saturated rings. The third-order valence-electron chi connectivity index (χ3n) is 3.78. The van der Waals surface area contributed by atoms with Gasteiger partial charge in [0.1, 0.15) is 12.1 Å². The monoisotopic (exact) mass is 300 g/mol. The van der Waals surface area contributed by atoms with E-state index in [4.69, 9.17) is 4.74 Å². The topological polar surface area (TPSA) is 44.1 Å². The van der Waals surface area contributed by atoms with Gasteiger partial charge in [0.25, 0.3) is 0 Å². The van der Waals surface area contributed by atoms with Crippen molar-refractivity contribution in [3.63, 3.8) is 0 Å². The van der Waals surface area contributed by atoms with Crippen LogP contribution in [0.2, 0.25) is 0 Å². The molecule has 0 spiro atoms. The van der Waals surface area contributed by atoms with Gasteiger partial charge in [0, 0.05) is 18.3 Å². The number of hydrogen-bond acceptors (Lipinski definition) is 3. The Morgan fingerprint density at radius 1 is 1.27 bits per heavy atom. The molecule has 118 valence electrons. The van der Waals surface area contributed by atoms with E-state index in [-0.39, 0.29) is 17.2 Å². The van der Waals surface area contributed by atoms with Crippen LogP contribution < -0.4 is 4.74 Å². The van der Waals surface area contributed by atoms with Crippen LogP contribution in [0, 0.1) is 11.3 Å². The smallest absolute Gasteiger partial charge is 0.235 e. The van der Waals surface area contributed by atoms with Crippen LogP contribution in [0.25, 0.3) is 0 Å². The van der Waals surface area contributed by atoms with E-state index in [1.54, 1.807) is 23.3 Å². The number of nitrogens with zero attached hydrogens (tertiary/aromatic N) is 2. The zero-order chi connectivity index (χ0) is 16.2. The highest BCUT2D eigenvalue weighted by molar-refractivity contribution is 5.82. The molecular formula is C18H24N2O2. The van der Waals surface area contributed by atoms with E-state index < -0.39 is 0 Å². The first kappa shape index (κ1) is 16.3. The number of carbonyl (C=O) groups is 1. The van der Waals surface area contributed by atoms with Crippen LogP contribution in [0.15, 0.2) is 43.0 Å². The maximum atomic E-state index is 12.7. The van der Waals surface area contributed by atoms with E-state index in [1.807, 2.05) is 31.2 Å². The van der Waals surface area contributed by atoms with Gasteiger partial charge in [0.2, 0.25) is 5.91 Å². The fourth-order valence-corrected chi connectivity index (χ4v) is 2.46. The van der Waals surface area contributed by atoms with Crippen molar-refractivity contribution in [2.24, 2.45) is 11.3 Å². The Kier molecular flexibility index (Phi) is 5.01. The van der Waals surface area contributed by atoms with Gasteiger partial charge in [-0.05, 0) is 36.5 Å². The molecule has 4 nitrogen and oxygen atoms in total. The molecule has 0 aliphatic heterocycles. The summed E-state index contributed by atoms with van der Waals surface area (Å²) in [4.78, 5) is 16.7. The maximum absolute atomic E-state index is 12.7. The van der Waals surface area contributed by atoms with Gasteiger partial charge in [-0.1, -0.05) is 32.9 Å². The second-order valence-corrected chi connectivity index (χ2v) is 6.51. The molecule has 0 N–H and O–H groups in total. The molecule has 1 heterocycles. The van der Waals surface area contributed by atoms with Crippen molar-refractivity contribution in [1.82, 2.24) is 9.55 Å². The second kappa shape index (κ2) is 6.77. The van der Waals surface area contributed by atoms with E-state index >= 15 is 0 Å². The van der Waals surface area contributed by atoms with Crippen LogP contribution in [-0.4, -0.2) is 22.1 Å². The summed E-state index contributed by atoms with van der Waals surface area (Å²) in [6.45, 7) is 8.92. The Morgan fingerprint density at radius 2 is 1.95 bits per heavy atom. The van der Waals surface area contributed by atoms with Crippen LogP contribution in [0.3, 0.4) is 0 Å². The number of hydrogen-bond donors (Lipinski definition) is 0. The number of ether oxygens (including phenoxy) is 1. The molecule has 0 aliphatic carbocycles. The van der Waals surface area contributed by atoms with Crippen LogP contribution >= 0.6 is 0 Å². The first-order chi connectivity index (χ1) is 10.4. The lowest BCUT2D eigenvalue weighted by Crippen LogP contribution is -2.33. The molecule has 4 heteroatoms. The van der Waals surface area contributed by atoms with Crippen molar-refractivity contribution in [2.45, 2.75) is 34.1 Å². The molecule has 2 aromatic rings. The quantitative estimate of drug-likeness (QED) is 0.843. The van der Waals surface area contributed by atoms with E-state index in [0.717, 1.165) is 11.3 Å². The van der Waals surface area contributed by atoms with E-state index in [0.29, 0.717) is 13.0 Å². The summed E-state index contributed by atoms with van der Waals surface area (Å²) in [5.74, 6) is 0.832. The fraction of sp³-hybridized carbons (Fsp3) is 0.444. The lowest BCUT2D eigenvalue weighted by atomic mass is 9.76. The number of rotatable bonds is 5. The summed E-state index contributed by atoms with van der Waals surface area (Å²) in [6, 6.07) is 7.98. The molecule has 1 aromatic heterocycles. The zero-order valence-corrected chi connectivity index (χ0v) is 13.7. The van der Waals surface area contributed by atoms with Gasteiger partial charge in [0.15, 0.2) is 0 Å². The standard InChI is InChI=1S/C18H24N2O2/c1-5-22-15-8-6-14(7-9-15)12-16(18(2,3)4)17(21)20-11-10-19-13-20/h6-11,13,16H,5,12H2,1-4H3. The van der Waals surface area contributed by atoms with E-state index in [1.165, 1.54) is 0 Å². The van der Waals surface area contributed by atoms with Gasteiger partial charge in [-0.3, -0.25) is 9.36 Å². The number of benzene rings is 1. The average Bonchev–Trinajstić information content (AvgIpc) is 2.99. The minimum Gasteiger partial charge on any atom is -0.494 e. The molecule has 0 saturated heterocycles. The minimum absolute atomic E-state index is 0.0823. The van der Waals surface area contributed by atoms with Gasteiger partial charge in [-0.25, -0.2) is 4.98 Å². The number of aromatic nitrogens is 2. The first-order valence-electron chi connectivity index (χ1n) is 7.65. The molecule has 0 saturated carbocycles. The van der Waals surface area contributed by atoms with Crippen molar-refractivity contribution in [3.8, 4) is 5.75 Å². The molecular weight excluding hydrogens is 276 g/mol. The number of imidazole rings is 1. The summed E-state index contributed by atoms with van der Waals surface area (Å²) in [6.07, 6.45) is 5.61. The van der Waals surface area contributed by atoms with Crippen molar-refractivity contribution < 1.29 is 9.53 Å². The largest absolute Gasteiger partial charge is 0.494 e. The van der Waals surface area contributed by atoms with E-state index in [2.05, 4.69) is 25.8 Å². The predicted octanol–water partition coefficient (Wildman–Crippen LogP) is 3.83. The molecule has 1 aromatic carbocycles. The summed E-state index contributed by atoms with van der Waals surface area (Å²) >= 11 is 0. The van der Waals surface area contributed by atoms with Gasteiger partial charge in [-0.2, -0.15) is 0 Å². The van der Waals surface area contributed by atoms with Crippen LogP contribution in [0.1, 0.15) is 38.1 Å². The third kappa shape index (κ3) is 3.97. The average molecular weight is 300 g/mol. The van der Waals surface area contributed by atoms with Crippen molar-refractivity contribution in [1.29, 1.82) is 0 Å². The lowest BCUT2D eigenvalue weighted by Gasteiger charge is -2.29. The van der Waals surface area contributed by atoms with Crippen LogP contribution in [0.5, 0.6) is 5.75 Å². The van der Waals surface area contributed by atoms with Crippen molar-refractivity contribution >= 4 is 5.91 Å². The molecule has 22 heavy (non-hydrogen) atoms. The van der Waals surface area contributed by atoms with Gasteiger partial charge >= 0.3 is 0 Å². The molecule has 0 bridgehead atoms. The Morgan fingerprint density at radius 3 is 2.45 bits per heavy atom. The Labute approximate surface area is 132 Å². The summed E-state index contributed by atoms with van der Waals surface area (Å²) in [5, 5.41) is 0. The summed E-state index contributed by atoms with van der Waals surface area (Å²) < 4.78 is 7.03. The zero-order valence-electron chi connectivity index (χ0n) is 13.7. The van der Waals surface area contributed by atoms with E-state index in [9.17, 15) is 4.79 Å². The maximum Gasteiger partial charge on any atom is 0.235 e. The van der Waals surface area contributed by atoms with Crippen molar-refractivity contribution in [3.05, 3.63) is 48.5 Å². The van der Waals surface area contributed by atoms with Gasteiger partial charge < -0.3 is 4.74 Å². The lowest BCUT2D eigenvalue weighted by molar-refractivity contribution is 0.0724. The normalized spacial score (nSPS) is 12.9. The molecule has 1 atom stereocenters. The SMILES string of the molecule is CCOc1ccc(CC(C(=O)n2ccnc2)C(C)(C)C)cc1. The molecule has 1 unspecified atom stereocenters. The Balaban J connectivity index is 2.18. The number of carbonyl (C=O) groups excluding carboxylic acids is 1. The van der Waals surface area contributed by atoms with Crippen LogP contribution in [0.4, 0.5) is 0 Å². The summed E-state index contributed by atoms with van der Waals surface area (Å²) in [5.41, 5.74) is 1.01. The second-order valence-electron chi connectivity index (χ2n) is 6.51.